The number of nitrogens with zero attached hydrogens (tertiary/aromatic N) is 3. The molecule has 0 atom stereocenters. The van der Waals surface area contributed by atoms with Crippen LogP contribution in [0.3, 0.4) is 0 Å². The van der Waals surface area contributed by atoms with E-state index in [2.05, 4.69) is 16.0 Å². The molecule has 0 unspecified atom stereocenters. The highest BCUT2D eigenvalue weighted by molar-refractivity contribution is 5.54. The lowest BCUT2D eigenvalue weighted by atomic mass is 9.91. The fourth-order valence-corrected chi connectivity index (χ4v) is 2.11. The van der Waals surface area contributed by atoms with Crippen LogP contribution in [0.1, 0.15) is 31.2 Å². The Kier molecular flexibility index (Phi) is 3.94. The van der Waals surface area contributed by atoms with Crippen molar-refractivity contribution in [3.8, 4) is 6.07 Å². The van der Waals surface area contributed by atoms with Gasteiger partial charge in [-0.3, -0.25) is 0 Å². The Labute approximate surface area is 102 Å². The van der Waals surface area contributed by atoms with E-state index < -0.39 is 0 Å². The van der Waals surface area contributed by atoms with Gasteiger partial charge in [-0.25, -0.2) is 4.98 Å². The van der Waals surface area contributed by atoms with Crippen molar-refractivity contribution >= 4 is 5.82 Å². The maximum absolute atomic E-state index is 9.10. The lowest BCUT2D eigenvalue weighted by Crippen LogP contribution is -2.42. The van der Waals surface area contributed by atoms with Crippen molar-refractivity contribution in [3.05, 3.63) is 23.9 Å². The zero-order valence-electron chi connectivity index (χ0n) is 9.84. The van der Waals surface area contributed by atoms with Gasteiger partial charge in [0, 0.05) is 25.4 Å². The second-order valence-electron chi connectivity index (χ2n) is 4.34. The number of pyridine rings is 1. The monoisotopic (exact) mass is 231 g/mol. The van der Waals surface area contributed by atoms with Crippen molar-refractivity contribution < 1.29 is 5.11 Å². The van der Waals surface area contributed by atoms with Crippen molar-refractivity contribution in [2.24, 2.45) is 0 Å². The molecule has 1 N–H and O–H groups in total. The number of anilines is 1. The molecule has 0 spiro atoms. The van der Waals surface area contributed by atoms with E-state index in [-0.39, 0.29) is 6.61 Å². The minimum Gasteiger partial charge on any atom is -0.396 e. The Morgan fingerprint density at radius 2 is 2.35 bits per heavy atom. The first-order valence-electron chi connectivity index (χ1n) is 6.09. The topological polar surface area (TPSA) is 60.2 Å². The van der Waals surface area contributed by atoms with E-state index in [1.54, 1.807) is 18.3 Å². The molecule has 17 heavy (non-hydrogen) atoms. The van der Waals surface area contributed by atoms with E-state index in [1.807, 2.05) is 0 Å². The van der Waals surface area contributed by atoms with Gasteiger partial charge in [-0.05, 0) is 37.8 Å². The molecule has 1 aromatic rings. The van der Waals surface area contributed by atoms with Crippen LogP contribution in [0.2, 0.25) is 0 Å². The maximum Gasteiger partial charge on any atom is 0.146 e. The zero-order valence-corrected chi connectivity index (χ0v) is 9.84. The standard InChI is InChI=1S/C13H17N3O/c14-10-11-4-2-7-15-13(11)16(8-3-9-17)12-5-1-6-12/h2,4,7,12,17H,1,3,5-6,8-9H2. The summed E-state index contributed by atoms with van der Waals surface area (Å²) in [4.78, 5) is 6.51. The maximum atomic E-state index is 9.10. The molecule has 90 valence electrons. The molecule has 0 aliphatic heterocycles. The van der Waals surface area contributed by atoms with Crippen LogP contribution in [-0.2, 0) is 0 Å². The second kappa shape index (κ2) is 5.65. The van der Waals surface area contributed by atoms with Crippen LogP contribution in [0, 0.1) is 11.3 Å². The fraction of sp³-hybridized carbons (Fsp3) is 0.538. The van der Waals surface area contributed by atoms with Gasteiger partial charge in [-0.2, -0.15) is 5.26 Å². The molecule has 0 saturated heterocycles. The minimum absolute atomic E-state index is 0.179. The minimum atomic E-state index is 0.179. The van der Waals surface area contributed by atoms with Gasteiger partial charge in [-0.1, -0.05) is 0 Å². The summed E-state index contributed by atoms with van der Waals surface area (Å²) >= 11 is 0. The highest BCUT2D eigenvalue weighted by Gasteiger charge is 2.26. The molecule has 0 radical (unpaired) electrons. The predicted molar refractivity (Wildman–Crippen MR) is 65.6 cm³/mol. The van der Waals surface area contributed by atoms with E-state index in [0.29, 0.717) is 11.6 Å². The van der Waals surface area contributed by atoms with Crippen LogP contribution in [0.15, 0.2) is 18.3 Å². The van der Waals surface area contributed by atoms with Gasteiger partial charge < -0.3 is 10.0 Å². The van der Waals surface area contributed by atoms with Crippen LogP contribution in [0.25, 0.3) is 0 Å². The number of hydrogen-bond donors (Lipinski definition) is 1. The molecule has 4 nitrogen and oxygen atoms in total. The van der Waals surface area contributed by atoms with Gasteiger partial charge in [0.05, 0.1) is 5.56 Å². The van der Waals surface area contributed by atoms with E-state index in [0.717, 1.165) is 31.6 Å². The molecule has 1 heterocycles. The third-order valence-electron chi connectivity index (χ3n) is 3.25. The van der Waals surface area contributed by atoms with E-state index >= 15 is 0 Å². The summed E-state index contributed by atoms with van der Waals surface area (Å²) in [5, 5.41) is 18.0. The van der Waals surface area contributed by atoms with Gasteiger partial charge >= 0.3 is 0 Å². The summed E-state index contributed by atoms with van der Waals surface area (Å²) in [6.45, 7) is 0.949. The summed E-state index contributed by atoms with van der Waals surface area (Å²) in [6, 6.07) is 6.26. The number of aliphatic hydroxyl groups is 1. The SMILES string of the molecule is N#Cc1cccnc1N(CCCO)C1CCC1. The number of nitriles is 1. The largest absolute Gasteiger partial charge is 0.396 e. The van der Waals surface area contributed by atoms with E-state index in [1.165, 1.54) is 6.42 Å². The highest BCUT2D eigenvalue weighted by atomic mass is 16.3. The molecular formula is C13H17N3O. The third-order valence-corrected chi connectivity index (χ3v) is 3.25. The molecule has 0 aromatic carbocycles. The van der Waals surface area contributed by atoms with Crippen LogP contribution >= 0.6 is 0 Å². The summed E-state index contributed by atoms with van der Waals surface area (Å²) in [5.41, 5.74) is 0.623. The summed E-state index contributed by atoms with van der Waals surface area (Å²) < 4.78 is 0. The van der Waals surface area contributed by atoms with Crippen molar-refractivity contribution in [2.45, 2.75) is 31.7 Å². The van der Waals surface area contributed by atoms with Crippen LogP contribution in [-0.4, -0.2) is 29.3 Å². The molecule has 0 bridgehead atoms. The molecule has 1 saturated carbocycles. The lowest BCUT2D eigenvalue weighted by Gasteiger charge is -2.38. The Balaban J connectivity index is 2.21. The van der Waals surface area contributed by atoms with Gasteiger partial charge in [0.2, 0.25) is 0 Å². The first-order valence-corrected chi connectivity index (χ1v) is 6.09. The normalized spacial score (nSPS) is 15.1. The molecule has 1 aliphatic rings. The van der Waals surface area contributed by atoms with Crippen LogP contribution in [0.4, 0.5) is 5.82 Å². The Hall–Kier alpha value is -1.60. The zero-order chi connectivity index (χ0) is 12.1. The quantitative estimate of drug-likeness (QED) is 0.837. The lowest BCUT2D eigenvalue weighted by molar-refractivity contribution is 0.282. The number of aliphatic hydroxyl groups excluding tert-OH is 1. The van der Waals surface area contributed by atoms with Gasteiger partial charge in [0.1, 0.15) is 11.9 Å². The molecule has 2 rings (SSSR count). The average molecular weight is 231 g/mol. The predicted octanol–water partition coefficient (Wildman–Crippen LogP) is 1.69. The highest BCUT2D eigenvalue weighted by Crippen LogP contribution is 2.30. The van der Waals surface area contributed by atoms with Crippen molar-refractivity contribution in [3.63, 3.8) is 0 Å². The Morgan fingerprint density at radius 1 is 1.53 bits per heavy atom. The fourth-order valence-electron chi connectivity index (χ4n) is 2.11. The molecule has 4 heteroatoms. The van der Waals surface area contributed by atoms with Gasteiger partial charge in [-0.15, -0.1) is 0 Å². The first-order chi connectivity index (χ1) is 8.36. The molecule has 1 aliphatic carbocycles. The summed E-state index contributed by atoms with van der Waals surface area (Å²) in [7, 11) is 0. The summed E-state index contributed by atoms with van der Waals surface area (Å²) in [5.74, 6) is 0.771. The number of rotatable bonds is 5. The molecule has 1 aromatic heterocycles. The average Bonchev–Trinajstić information content (AvgIpc) is 2.32. The Morgan fingerprint density at radius 3 is 2.94 bits per heavy atom. The van der Waals surface area contributed by atoms with Crippen molar-refractivity contribution in [1.82, 2.24) is 4.98 Å². The molecular weight excluding hydrogens is 214 g/mol. The summed E-state index contributed by atoms with van der Waals surface area (Å²) in [6.07, 6.45) is 6.01. The number of aromatic nitrogens is 1. The van der Waals surface area contributed by atoms with Gasteiger partial charge in [0.25, 0.3) is 0 Å². The van der Waals surface area contributed by atoms with E-state index in [4.69, 9.17) is 10.4 Å². The van der Waals surface area contributed by atoms with Gasteiger partial charge in [0.15, 0.2) is 0 Å². The number of hydrogen-bond acceptors (Lipinski definition) is 4. The smallest absolute Gasteiger partial charge is 0.146 e. The first kappa shape index (κ1) is 11.9. The van der Waals surface area contributed by atoms with Crippen molar-refractivity contribution in [1.29, 1.82) is 5.26 Å². The Bertz CT molecular complexity index is 409. The van der Waals surface area contributed by atoms with Crippen molar-refractivity contribution in [2.75, 3.05) is 18.1 Å². The molecule has 1 fully saturated rings. The third kappa shape index (κ3) is 2.56. The van der Waals surface area contributed by atoms with Crippen LogP contribution in [0.5, 0.6) is 0 Å². The second-order valence-corrected chi connectivity index (χ2v) is 4.34. The van der Waals surface area contributed by atoms with E-state index in [9.17, 15) is 0 Å². The molecule has 0 amide bonds. The van der Waals surface area contributed by atoms with Crippen LogP contribution < -0.4 is 4.90 Å².